The van der Waals surface area contributed by atoms with Gasteiger partial charge in [-0.25, -0.2) is 0 Å². The Kier molecular flexibility index (Phi) is 12.8. The molecule has 148 valence electrons. The minimum atomic E-state index is 0. The molecule has 0 spiro atoms. The Morgan fingerprint density at radius 1 is 0.607 bits per heavy atom. The second-order valence-electron chi connectivity index (χ2n) is 7.17. The van der Waals surface area contributed by atoms with Gasteiger partial charge in [-0.15, -0.1) is 5.56 Å². The number of hydrogen-bond acceptors (Lipinski definition) is 0. The molecule has 3 aromatic rings. The molecule has 0 amide bonds. The van der Waals surface area contributed by atoms with Gasteiger partial charge in [0.1, 0.15) is 0 Å². The van der Waals surface area contributed by atoms with E-state index in [1.54, 1.807) is 0 Å². The van der Waals surface area contributed by atoms with Crippen molar-refractivity contribution < 1.29 is 58.9 Å². The zero-order chi connectivity index (χ0) is 17.4. The van der Waals surface area contributed by atoms with Crippen LogP contribution in [0.4, 0.5) is 0 Å². The SMILES string of the molecule is Cc1cccc(C(c2cccc(C)c2)[c-]2c(C)c(C)c(C)c2C)c1.[Cl-].[Cl-].[Cl-].[Ti+4]. The second-order valence-corrected chi connectivity index (χ2v) is 7.17. The van der Waals surface area contributed by atoms with Crippen LogP contribution >= 0.6 is 0 Å². The molecule has 0 aliphatic carbocycles. The van der Waals surface area contributed by atoms with Gasteiger partial charge >= 0.3 is 21.7 Å². The number of hydrogen-bond donors (Lipinski definition) is 0. The van der Waals surface area contributed by atoms with E-state index in [1.807, 2.05) is 0 Å². The van der Waals surface area contributed by atoms with E-state index in [1.165, 1.54) is 50.1 Å². The molecule has 0 fully saturated rings. The fourth-order valence-electron chi connectivity index (χ4n) is 3.91. The third-order valence-corrected chi connectivity index (χ3v) is 5.54. The summed E-state index contributed by atoms with van der Waals surface area (Å²) in [5.41, 5.74) is 12.7. The molecule has 0 N–H and O–H groups in total. The maximum atomic E-state index is 2.34. The van der Waals surface area contributed by atoms with Crippen molar-refractivity contribution in [3.8, 4) is 0 Å². The molecule has 0 aromatic heterocycles. The second kappa shape index (κ2) is 12.2. The standard InChI is InChI=1S/C24H27.3ClH.Ti/c1-15-9-7-11-21(13-15)24(22-12-8-10-16(2)14-22)23-19(5)17(3)18(4)20(23)6;;;;/h7-14,24H,1-6H3;3*1H;/q-1;;;;+4/p-3. The molecular weight excluding hydrogens is 442 g/mol. The Morgan fingerprint density at radius 2 is 0.964 bits per heavy atom. The van der Waals surface area contributed by atoms with Crippen LogP contribution in [-0.2, 0) is 21.7 Å². The van der Waals surface area contributed by atoms with Gasteiger partial charge in [-0.05, 0) is 30.9 Å². The zero-order valence-corrected chi connectivity index (χ0v) is 21.2. The molecule has 0 nitrogen and oxygen atoms in total. The van der Waals surface area contributed by atoms with Crippen molar-refractivity contribution in [3.05, 3.63) is 98.6 Å². The summed E-state index contributed by atoms with van der Waals surface area (Å²) in [6.45, 7) is 13.4. The first-order valence-electron chi connectivity index (χ1n) is 8.76. The van der Waals surface area contributed by atoms with Gasteiger partial charge < -0.3 is 37.2 Å². The van der Waals surface area contributed by atoms with E-state index in [9.17, 15) is 0 Å². The van der Waals surface area contributed by atoms with E-state index >= 15 is 0 Å². The quantitative estimate of drug-likeness (QED) is 0.293. The summed E-state index contributed by atoms with van der Waals surface area (Å²) in [7, 11) is 0. The monoisotopic (exact) mass is 468 g/mol. The van der Waals surface area contributed by atoms with E-state index in [0.29, 0.717) is 5.92 Å². The normalized spacial score (nSPS) is 9.68. The molecule has 0 saturated heterocycles. The predicted octanol–water partition coefficient (Wildman–Crippen LogP) is -2.55. The molecule has 4 heteroatoms. The molecule has 0 unspecified atom stereocenters. The van der Waals surface area contributed by atoms with Crippen LogP contribution in [-0.4, -0.2) is 0 Å². The maximum Gasteiger partial charge on any atom is 4.00 e. The Bertz CT molecular complexity index is 826. The van der Waals surface area contributed by atoms with Crippen molar-refractivity contribution in [1.29, 1.82) is 0 Å². The molecule has 28 heavy (non-hydrogen) atoms. The molecular formula is C24H27Cl3Ti. The number of benzene rings is 2. The van der Waals surface area contributed by atoms with Crippen molar-refractivity contribution in [3.63, 3.8) is 0 Å². The summed E-state index contributed by atoms with van der Waals surface area (Å²) in [5.74, 6) is 0.303. The Morgan fingerprint density at radius 3 is 1.29 bits per heavy atom. The van der Waals surface area contributed by atoms with Gasteiger partial charge in [-0.2, -0.15) is 22.3 Å². The van der Waals surface area contributed by atoms with Crippen LogP contribution in [0, 0.1) is 41.5 Å². The molecule has 0 bridgehead atoms. The molecule has 3 rings (SSSR count). The maximum absolute atomic E-state index is 2.34. The van der Waals surface area contributed by atoms with Crippen molar-refractivity contribution in [2.24, 2.45) is 0 Å². The molecule has 0 heterocycles. The Hall–Kier alpha value is -0.626. The van der Waals surface area contributed by atoms with Crippen LogP contribution in [0.2, 0.25) is 0 Å². The summed E-state index contributed by atoms with van der Waals surface area (Å²) < 4.78 is 0. The van der Waals surface area contributed by atoms with E-state index in [0.717, 1.165) is 0 Å². The minimum Gasteiger partial charge on any atom is -1.00 e. The van der Waals surface area contributed by atoms with Gasteiger partial charge in [0.15, 0.2) is 0 Å². The smallest absolute Gasteiger partial charge is 1.00 e. The van der Waals surface area contributed by atoms with Gasteiger partial charge in [0.25, 0.3) is 0 Å². The molecule has 0 radical (unpaired) electrons. The van der Waals surface area contributed by atoms with Crippen LogP contribution in [0.15, 0.2) is 48.5 Å². The largest absolute Gasteiger partial charge is 4.00 e. The molecule has 0 saturated carbocycles. The third-order valence-electron chi connectivity index (χ3n) is 5.54. The summed E-state index contributed by atoms with van der Waals surface area (Å²) in [6, 6.07) is 17.9. The van der Waals surface area contributed by atoms with Crippen LogP contribution in [0.25, 0.3) is 0 Å². The summed E-state index contributed by atoms with van der Waals surface area (Å²) in [5, 5.41) is 0. The van der Waals surface area contributed by atoms with Crippen LogP contribution in [0.3, 0.4) is 0 Å². The van der Waals surface area contributed by atoms with Crippen molar-refractivity contribution >= 4 is 0 Å². The molecule has 0 atom stereocenters. The average Bonchev–Trinajstić information content (AvgIpc) is 2.73. The van der Waals surface area contributed by atoms with E-state index in [-0.39, 0.29) is 58.9 Å². The Labute approximate surface area is 204 Å². The summed E-state index contributed by atoms with van der Waals surface area (Å²) >= 11 is 0. The van der Waals surface area contributed by atoms with Crippen LogP contribution in [0.1, 0.15) is 56.0 Å². The van der Waals surface area contributed by atoms with E-state index < -0.39 is 0 Å². The number of aryl methyl sites for hydroxylation is 2. The van der Waals surface area contributed by atoms with E-state index in [4.69, 9.17) is 0 Å². The summed E-state index contributed by atoms with van der Waals surface area (Å²) in [4.78, 5) is 0. The Balaban J connectivity index is 0. The first-order valence-corrected chi connectivity index (χ1v) is 8.76. The van der Waals surface area contributed by atoms with Crippen molar-refractivity contribution in [2.45, 2.75) is 47.5 Å². The van der Waals surface area contributed by atoms with E-state index in [2.05, 4.69) is 90.1 Å². The summed E-state index contributed by atoms with van der Waals surface area (Å²) in [6.07, 6.45) is 0. The zero-order valence-electron chi connectivity index (χ0n) is 17.3. The first kappa shape index (κ1) is 29.6. The van der Waals surface area contributed by atoms with Gasteiger partial charge in [0.05, 0.1) is 0 Å². The van der Waals surface area contributed by atoms with Crippen molar-refractivity contribution in [2.75, 3.05) is 0 Å². The van der Waals surface area contributed by atoms with Gasteiger partial charge in [-0.3, -0.25) is 0 Å². The van der Waals surface area contributed by atoms with Gasteiger partial charge in [0.2, 0.25) is 0 Å². The van der Waals surface area contributed by atoms with Crippen molar-refractivity contribution in [1.82, 2.24) is 0 Å². The molecule has 0 aliphatic heterocycles. The van der Waals surface area contributed by atoms with Gasteiger partial charge in [-0.1, -0.05) is 87.4 Å². The van der Waals surface area contributed by atoms with Crippen LogP contribution < -0.4 is 37.2 Å². The third kappa shape index (κ3) is 5.71. The van der Waals surface area contributed by atoms with Crippen LogP contribution in [0.5, 0.6) is 0 Å². The average molecular weight is 470 g/mol. The minimum absolute atomic E-state index is 0. The topological polar surface area (TPSA) is 0 Å². The fourth-order valence-corrected chi connectivity index (χ4v) is 3.91. The molecule has 3 aromatic carbocycles. The number of halogens is 3. The molecule has 0 aliphatic rings. The number of rotatable bonds is 3. The fraction of sp³-hybridized carbons (Fsp3) is 0.292. The van der Waals surface area contributed by atoms with Gasteiger partial charge in [0, 0.05) is 0 Å². The predicted molar refractivity (Wildman–Crippen MR) is 104 cm³/mol. The first-order chi connectivity index (χ1) is 11.4.